The Bertz CT molecular complexity index is 982. The second-order valence-corrected chi connectivity index (χ2v) is 6.67. The lowest BCUT2D eigenvalue weighted by Crippen LogP contribution is -2.25. The van der Waals surface area contributed by atoms with E-state index in [4.69, 9.17) is 4.74 Å². The van der Waals surface area contributed by atoms with E-state index in [2.05, 4.69) is 46.7 Å². The topological polar surface area (TPSA) is 67.0 Å². The van der Waals surface area contributed by atoms with Crippen LogP contribution in [-0.4, -0.2) is 29.3 Å². The molecule has 5 nitrogen and oxygen atoms in total. The number of methoxy groups -OCH3 is 1. The number of nitrogens with zero attached hydrogens (tertiary/aromatic N) is 1. The van der Waals surface area contributed by atoms with Gasteiger partial charge in [0.05, 0.1) is 29.3 Å². The van der Waals surface area contributed by atoms with E-state index in [0.717, 1.165) is 35.0 Å². The third kappa shape index (κ3) is 3.20. The minimum atomic E-state index is -0.0964. The van der Waals surface area contributed by atoms with Crippen LogP contribution in [0.15, 0.2) is 36.4 Å². The maximum Gasteiger partial charge on any atom is 0.255 e. The number of aromatic amines is 1. The number of carbonyl (C=O) groups excluding carboxylic acids is 1. The van der Waals surface area contributed by atoms with Crippen molar-refractivity contribution in [2.75, 3.05) is 7.11 Å². The lowest BCUT2D eigenvalue weighted by molar-refractivity contribution is 0.0948. The minimum Gasteiger partial charge on any atom is -0.495 e. The fourth-order valence-electron chi connectivity index (χ4n) is 2.96. The van der Waals surface area contributed by atoms with Gasteiger partial charge in [0.1, 0.15) is 5.75 Å². The summed E-state index contributed by atoms with van der Waals surface area (Å²) < 4.78 is 5.59. The molecule has 0 atom stereocenters. The molecule has 1 aliphatic carbocycles. The number of benzene rings is 2. The molecule has 0 bridgehead atoms. The average Bonchev–Trinajstić information content (AvgIpc) is 3.37. The predicted molar refractivity (Wildman–Crippen MR) is 103 cm³/mol. The van der Waals surface area contributed by atoms with Crippen LogP contribution < -0.4 is 10.1 Å². The predicted octanol–water partition coefficient (Wildman–Crippen LogP) is 3.94. The van der Waals surface area contributed by atoms with E-state index in [1.807, 2.05) is 18.2 Å². The zero-order valence-electron chi connectivity index (χ0n) is 14.9. The number of amides is 1. The van der Waals surface area contributed by atoms with Gasteiger partial charge in [-0.25, -0.2) is 0 Å². The van der Waals surface area contributed by atoms with Crippen LogP contribution in [0.25, 0.3) is 23.1 Å². The molecule has 26 heavy (non-hydrogen) atoms. The Morgan fingerprint density at radius 3 is 2.65 bits per heavy atom. The third-order valence-corrected chi connectivity index (χ3v) is 4.58. The number of hydrogen-bond acceptors (Lipinski definition) is 3. The van der Waals surface area contributed by atoms with Crippen LogP contribution in [0.2, 0.25) is 0 Å². The largest absolute Gasteiger partial charge is 0.495 e. The fourth-order valence-corrected chi connectivity index (χ4v) is 2.96. The molecule has 2 aromatic carbocycles. The molecule has 5 heteroatoms. The van der Waals surface area contributed by atoms with Crippen LogP contribution in [0, 0.1) is 6.92 Å². The molecule has 0 saturated heterocycles. The van der Waals surface area contributed by atoms with E-state index < -0.39 is 0 Å². The van der Waals surface area contributed by atoms with Crippen LogP contribution in [0.5, 0.6) is 5.75 Å². The lowest BCUT2D eigenvalue weighted by atomic mass is 10.1. The molecule has 1 aliphatic rings. The Balaban J connectivity index is 1.72. The standard InChI is InChI=1S/C21H21N3O2/c1-13-3-5-14(6-4-13)7-11-17-19-18(24-23-17)12-10-16(20(19)26-2)21(25)22-15-8-9-15/h3-7,10-12,15H,8-9H2,1-2H3,(H,22,25)(H,23,24)/b11-7+. The summed E-state index contributed by atoms with van der Waals surface area (Å²) in [4.78, 5) is 12.5. The first-order valence-electron chi connectivity index (χ1n) is 8.76. The number of carbonyl (C=O) groups is 1. The van der Waals surface area contributed by atoms with Crippen LogP contribution >= 0.6 is 0 Å². The van der Waals surface area contributed by atoms with Crippen molar-refractivity contribution in [3.8, 4) is 5.75 Å². The van der Waals surface area contributed by atoms with Crippen molar-refractivity contribution >= 4 is 29.0 Å². The SMILES string of the molecule is COc1c(C(=O)NC2CC2)ccc2[nH]nc(/C=C/c3ccc(C)cc3)c12. The van der Waals surface area contributed by atoms with Crippen molar-refractivity contribution in [3.63, 3.8) is 0 Å². The van der Waals surface area contributed by atoms with Gasteiger partial charge in [-0.3, -0.25) is 9.89 Å². The highest BCUT2D eigenvalue weighted by Crippen LogP contribution is 2.33. The molecule has 1 aromatic heterocycles. The summed E-state index contributed by atoms with van der Waals surface area (Å²) in [6.07, 6.45) is 6.04. The molecule has 0 radical (unpaired) electrons. The van der Waals surface area contributed by atoms with E-state index >= 15 is 0 Å². The van der Waals surface area contributed by atoms with Gasteiger partial charge in [0.25, 0.3) is 5.91 Å². The highest BCUT2D eigenvalue weighted by molar-refractivity contribution is 6.05. The molecule has 3 aromatic rings. The van der Waals surface area contributed by atoms with Gasteiger partial charge in [-0.2, -0.15) is 5.10 Å². The van der Waals surface area contributed by atoms with Crippen molar-refractivity contribution in [3.05, 3.63) is 58.8 Å². The van der Waals surface area contributed by atoms with Gasteiger partial charge in [-0.1, -0.05) is 35.9 Å². The zero-order chi connectivity index (χ0) is 18.1. The summed E-state index contributed by atoms with van der Waals surface area (Å²) in [5.41, 5.74) is 4.44. The average molecular weight is 347 g/mol. The van der Waals surface area contributed by atoms with Crippen molar-refractivity contribution in [1.29, 1.82) is 0 Å². The maximum atomic E-state index is 12.5. The van der Waals surface area contributed by atoms with Gasteiger partial charge >= 0.3 is 0 Å². The van der Waals surface area contributed by atoms with Crippen molar-refractivity contribution in [2.45, 2.75) is 25.8 Å². The van der Waals surface area contributed by atoms with E-state index in [1.54, 1.807) is 13.2 Å². The minimum absolute atomic E-state index is 0.0964. The molecule has 0 spiro atoms. The number of fused-ring (bicyclic) bond motifs is 1. The summed E-state index contributed by atoms with van der Waals surface area (Å²) >= 11 is 0. The number of aryl methyl sites for hydroxylation is 1. The number of hydrogen-bond donors (Lipinski definition) is 2. The molecule has 1 amide bonds. The quantitative estimate of drug-likeness (QED) is 0.734. The number of aromatic nitrogens is 2. The second kappa shape index (κ2) is 6.67. The summed E-state index contributed by atoms with van der Waals surface area (Å²) in [5.74, 6) is 0.457. The van der Waals surface area contributed by atoms with E-state index in [-0.39, 0.29) is 5.91 Å². The van der Waals surface area contributed by atoms with Crippen molar-refractivity contribution in [1.82, 2.24) is 15.5 Å². The second-order valence-electron chi connectivity index (χ2n) is 6.67. The van der Waals surface area contributed by atoms with Crippen LogP contribution in [0.1, 0.15) is 40.0 Å². The van der Waals surface area contributed by atoms with E-state index in [9.17, 15) is 4.79 Å². The Kier molecular flexibility index (Phi) is 4.21. The summed E-state index contributed by atoms with van der Waals surface area (Å²) in [6.45, 7) is 2.06. The zero-order valence-corrected chi connectivity index (χ0v) is 14.9. The normalized spacial score (nSPS) is 14.1. The highest BCUT2D eigenvalue weighted by atomic mass is 16.5. The smallest absolute Gasteiger partial charge is 0.255 e. The molecular formula is C21H21N3O2. The highest BCUT2D eigenvalue weighted by Gasteiger charge is 2.26. The molecule has 4 rings (SSSR count). The molecule has 1 heterocycles. The summed E-state index contributed by atoms with van der Waals surface area (Å²) in [5, 5.41) is 11.2. The first kappa shape index (κ1) is 16.4. The van der Waals surface area contributed by atoms with Gasteiger partial charge < -0.3 is 10.1 Å². The first-order valence-corrected chi connectivity index (χ1v) is 8.76. The van der Waals surface area contributed by atoms with Gasteiger partial charge in [0, 0.05) is 6.04 Å². The molecule has 1 saturated carbocycles. The van der Waals surface area contributed by atoms with Gasteiger partial charge in [0.2, 0.25) is 0 Å². The Morgan fingerprint density at radius 2 is 1.96 bits per heavy atom. The van der Waals surface area contributed by atoms with E-state index in [1.165, 1.54) is 5.56 Å². The van der Waals surface area contributed by atoms with Crippen molar-refractivity contribution in [2.24, 2.45) is 0 Å². The molecule has 2 N–H and O–H groups in total. The Hall–Kier alpha value is -3.08. The molecule has 0 aliphatic heterocycles. The van der Waals surface area contributed by atoms with Gasteiger partial charge in [-0.15, -0.1) is 0 Å². The number of ether oxygens (including phenoxy) is 1. The number of rotatable bonds is 5. The van der Waals surface area contributed by atoms with Gasteiger partial charge in [-0.05, 0) is 43.5 Å². The Labute approximate surface area is 152 Å². The fraction of sp³-hybridized carbons (Fsp3) is 0.238. The van der Waals surface area contributed by atoms with Crippen LogP contribution in [-0.2, 0) is 0 Å². The molecular weight excluding hydrogens is 326 g/mol. The molecule has 1 fully saturated rings. The van der Waals surface area contributed by atoms with Crippen LogP contribution in [0.3, 0.4) is 0 Å². The first-order chi connectivity index (χ1) is 12.7. The van der Waals surface area contributed by atoms with Crippen molar-refractivity contribution < 1.29 is 9.53 Å². The Morgan fingerprint density at radius 1 is 1.19 bits per heavy atom. The monoisotopic (exact) mass is 347 g/mol. The number of nitrogens with one attached hydrogen (secondary N) is 2. The third-order valence-electron chi connectivity index (χ3n) is 4.58. The summed E-state index contributed by atoms with van der Waals surface area (Å²) in [7, 11) is 1.59. The molecule has 0 unspecified atom stereocenters. The lowest BCUT2D eigenvalue weighted by Gasteiger charge is -2.10. The summed E-state index contributed by atoms with van der Waals surface area (Å²) in [6, 6.07) is 12.2. The molecule has 132 valence electrons. The van der Waals surface area contributed by atoms with Gasteiger partial charge in [0.15, 0.2) is 0 Å². The maximum absolute atomic E-state index is 12.5. The van der Waals surface area contributed by atoms with Crippen LogP contribution in [0.4, 0.5) is 0 Å². The number of H-pyrrole nitrogens is 1. The van der Waals surface area contributed by atoms with E-state index in [0.29, 0.717) is 17.4 Å².